The zero-order valence-corrected chi connectivity index (χ0v) is 8.21. The lowest BCUT2D eigenvalue weighted by Gasteiger charge is -2.03. The monoisotopic (exact) mass is 202 g/mol. The number of hydrogen-bond donors (Lipinski definition) is 1. The minimum absolute atomic E-state index is 0.226. The van der Waals surface area contributed by atoms with Crippen molar-refractivity contribution in [1.29, 1.82) is 0 Å². The van der Waals surface area contributed by atoms with Gasteiger partial charge in [0.05, 0.1) is 11.9 Å². The molecule has 2 rings (SSSR count). The van der Waals surface area contributed by atoms with Gasteiger partial charge in [-0.25, -0.2) is 4.79 Å². The van der Waals surface area contributed by atoms with E-state index < -0.39 is 5.97 Å². The number of carboxylic acid groups (broad SMARTS) is 1. The molecule has 0 radical (unpaired) electrons. The summed E-state index contributed by atoms with van der Waals surface area (Å²) in [6.45, 7) is 0. The Hall–Kier alpha value is -2.10. The van der Waals surface area contributed by atoms with Crippen molar-refractivity contribution < 1.29 is 9.90 Å². The van der Waals surface area contributed by atoms with Gasteiger partial charge in [0.2, 0.25) is 0 Å². The number of aromatic carboxylic acids is 1. The van der Waals surface area contributed by atoms with E-state index in [1.807, 2.05) is 30.3 Å². The van der Waals surface area contributed by atoms with Gasteiger partial charge in [-0.15, -0.1) is 0 Å². The number of aryl methyl sites for hydroxylation is 1. The summed E-state index contributed by atoms with van der Waals surface area (Å²) in [5.74, 6) is -0.957. The second kappa shape index (κ2) is 3.57. The van der Waals surface area contributed by atoms with E-state index >= 15 is 0 Å². The molecule has 0 saturated carbocycles. The highest BCUT2D eigenvalue weighted by molar-refractivity contribution is 5.94. The largest absolute Gasteiger partial charge is 0.478 e. The molecule has 4 heteroatoms. The average molecular weight is 202 g/mol. The van der Waals surface area contributed by atoms with Crippen LogP contribution in [0.5, 0.6) is 0 Å². The number of carbonyl (C=O) groups is 1. The van der Waals surface area contributed by atoms with E-state index in [-0.39, 0.29) is 5.56 Å². The molecule has 0 bridgehead atoms. The van der Waals surface area contributed by atoms with Crippen molar-refractivity contribution in [2.75, 3.05) is 0 Å². The summed E-state index contributed by atoms with van der Waals surface area (Å²) in [6, 6.07) is 9.36. The lowest BCUT2D eigenvalue weighted by Crippen LogP contribution is -2.00. The molecule has 0 atom stereocenters. The summed E-state index contributed by atoms with van der Waals surface area (Å²) < 4.78 is 1.57. The first-order chi connectivity index (χ1) is 7.20. The molecule has 0 aliphatic carbocycles. The fourth-order valence-electron chi connectivity index (χ4n) is 1.53. The van der Waals surface area contributed by atoms with Crippen molar-refractivity contribution in [1.82, 2.24) is 9.78 Å². The summed E-state index contributed by atoms with van der Waals surface area (Å²) in [5, 5.41) is 12.9. The van der Waals surface area contributed by atoms with Crippen molar-refractivity contribution >= 4 is 5.97 Å². The maximum Gasteiger partial charge on any atom is 0.339 e. The van der Waals surface area contributed by atoms with Crippen LogP contribution < -0.4 is 0 Å². The van der Waals surface area contributed by atoms with E-state index in [4.69, 9.17) is 5.11 Å². The Morgan fingerprint density at radius 1 is 1.33 bits per heavy atom. The molecule has 0 unspecified atom stereocenters. The van der Waals surface area contributed by atoms with E-state index in [2.05, 4.69) is 5.10 Å². The minimum Gasteiger partial charge on any atom is -0.478 e. The summed E-state index contributed by atoms with van der Waals surface area (Å²) >= 11 is 0. The van der Waals surface area contributed by atoms with Crippen LogP contribution in [0.1, 0.15) is 10.4 Å². The molecule has 0 aliphatic heterocycles. The Labute approximate surface area is 86.8 Å². The van der Waals surface area contributed by atoms with Crippen LogP contribution in [-0.4, -0.2) is 20.9 Å². The second-order valence-electron chi connectivity index (χ2n) is 3.20. The van der Waals surface area contributed by atoms with Crippen LogP contribution in [-0.2, 0) is 7.05 Å². The summed E-state index contributed by atoms with van der Waals surface area (Å²) in [6.07, 6.45) is 1.37. The van der Waals surface area contributed by atoms with Crippen molar-refractivity contribution in [2.24, 2.45) is 7.05 Å². The number of carboxylic acids is 1. The van der Waals surface area contributed by atoms with Gasteiger partial charge in [0.1, 0.15) is 5.56 Å². The van der Waals surface area contributed by atoms with Crippen LogP contribution in [0.15, 0.2) is 36.5 Å². The maximum atomic E-state index is 11.0. The van der Waals surface area contributed by atoms with E-state index in [1.54, 1.807) is 11.7 Å². The summed E-state index contributed by atoms with van der Waals surface area (Å²) in [4.78, 5) is 11.0. The Morgan fingerprint density at radius 2 is 2.00 bits per heavy atom. The fourth-order valence-corrected chi connectivity index (χ4v) is 1.53. The van der Waals surface area contributed by atoms with E-state index in [1.165, 1.54) is 6.20 Å². The first kappa shape index (κ1) is 9.45. The van der Waals surface area contributed by atoms with Crippen LogP contribution in [0.3, 0.4) is 0 Å². The van der Waals surface area contributed by atoms with Gasteiger partial charge in [0.25, 0.3) is 0 Å². The van der Waals surface area contributed by atoms with E-state index in [0.717, 1.165) is 5.56 Å². The quantitative estimate of drug-likeness (QED) is 0.807. The van der Waals surface area contributed by atoms with E-state index in [0.29, 0.717) is 5.69 Å². The molecule has 4 nitrogen and oxygen atoms in total. The molecule has 0 amide bonds. The van der Waals surface area contributed by atoms with Gasteiger partial charge in [-0.3, -0.25) is 4.68 Å². The van der Waals surface area contributed by atoms with Gasteiger partial charge in [-0.2, -0.15) is 5.10 Å². The van der Waals surface area contributed by atoms with Gasteiger partial charge >= 0.3 is 5.97 Å². The smallest absolute Gasteiger partial charge is 0.339 e. The number of rotatable bonds is 2. The Morgan fingerprint density at radius 3 is 2.60 bits per heavy atom. The maximum absolute atomic E-state index is 11.0. The average Bonchev–Trinajstić information content (AvgIpc) is 2.61. The summed E-state index contributed by atoms with van der Waals surface area (Å²) in [5.41, 5.74) is 1.71. The molecule has 1 N–H and O–H groups in total. The first-order valence-electron chi connectivity index (χ1n) is 4.51. The zero-order chi connectivity index (χ0) is 10.8. The molecule has 0 aliphatic rings. The van der Waals surface area contributed by atoms with Crippen molar-refractivity contribution in [3.8, 4) is 11.3 Å². The third-order valence-electron chi connectivity index (χ3n) is 2.22. The van der Waals surface area contributed by atoms with Crippen molar-refractivity contribution in [3.05, 3.63) is 42.1 Å². The zero-order valence-electron chi connectivity index (χ0n) is 8.21. The van der Waals surface area contributed by atoms with Crippen molar-refractivity contribution in [2.45, 2.75) is 0 Å². The Bertz CT molecular complexity index is 489. The van der Waals surface area contributed by atoms with E-state index in [9.17, 15) is 4.79 Å². The van der Waals surface area contributed by atoms with Gasteiger partial charge in [0.15, 0.2) is 0 Å². The fraction of sp³-hybridized carbons (Fsp3) is 0.0909. The SMILES string of the molecule is Cn1ncc(C(=O)O)c1-c1ccccc1. The topological polar surface area (TPSA) is 55.1 Å². The highest BCUT2D eigenvalue weighted by Crippen LogP contribution is 2.22. The van der Waals surface area contributed by atoms with Gasteiger partial charge in [-0.05, 0) is 0 Å². The molecule has 76 valence electrons. The van der Waals surface area contributed by atoms with Crippen LogP contribution >= 0.6 is 0 Å². The van der Waals surface area contributed by atoms with Gasteiger partial charge < -0.3 is 5.11 Å². The lowest BCUT2D eigenvalue weighted by molar-refractivity contribution is 0.0697. The Balaban J connectivity index is 2.62. The normalized spacial score (nSPS) is 10.2. The summed E-state index contributed by atoms with van der Waals surface area (Å²) in [7, 11) is 1.73. The molecular weight excluding hydrogens is 192 g/mol. The molecule has 0 saturated heterocycles. The van der Waals surface area contributed by atoms with Crippen LogP contribution in [0.4, 0.5) is 0 Å². The van der Waals surface area contributed by atoms with Crippen LogP contribution in [0.25, 0.3) is 11.3 Å². The molecule has 0 fully saturated rings. The first-order valence-corrected chi connectivity index (χ1v) is 4.51. The van der Waals surface area contributed by atoms with Crippen molar-refractivity contribution in [3.63, 3.8) is 0 Å². The third kappa shape index (κ3) is 1.61. The predicted molar refractivity (Wildman–Crippen MR) is 55.6 cm³/mol. The minimum atomic E-state index is -0.957. The van der Waals surface area contributed by atoms with Crippen LogP contribution in [0, 0.1) is 0 Å². The highest BCUT2D eigenvalue weighted by Gasteiger charge is 2.15. The second-order valence-corrected chi connectivity index (χ2v) is 3.20. The third-order valence-corrected chi connectivity index (χ3v) is 2.22. The molecule has 2 aromatic rings. The number of nitrogens with zero attached hydrogens (tertiary/aromatic N) is 2. The lowest BCUT2D eigenvalue weighted by atomic mass is 10.1. The molecule has 15 heavy (non-hydrogen) atoms. The number of hydrogen-bond acceptors (Lipinski definition) is 2. The number of aromatic nitrogens is 2. The standard InChI is InChI=1S/C11H10N2O2/c1-13-10(8-5-3-2-4-6-8)9(7-12-13)11(14)15/h2-7H,1H3,(H,14,15). The van der Waals surface area contributed by atoms with Gasteiger partial charge in [-0.1, -0.05) is 30.3 Å². The van der Waals surface area contributed by atoms with Crippen LogP contribution in [0.2, 0.25) is 0 Å². The Kier molecular flexibility index (Phi) is 2.25. The highest BCUT2D eigenvalue weighted by atomic mass is 16.4. The number of benzene rings is 1. The molecule has 0 spiro atoms. The van der Waals surface area contributed by atoms with Gasteiger partial charge in [0, 0.05) is 12.6 Å². The molecule has 1 aromatic heterocycles. The molecule has 1 aromatic carbocycles. The molecular formula is C11H10N2O2. The molecule has 1 heterocycles. The predicted octanol–water partition coefficient (Wildman–Crippen LogP) is 1.79.